The Morgan fingerprint density at radius 1 is 0.935 bits per heavy atom. The lowest BCUT2D eigenvalue weighted by Gasteiger charge is -2.35. The minimum Gasteiger partial charge on any atom is -0.465 e. The highest BCUT2D eigenvalue weighted by Gasteiger charge is 2.30. The van der Waals surface area contributed by atoms with Crippen molar-refractivity contribution in [3.8, 4) is 0 Å². The number of nitrogens with one attached hydrogen (secondary N) is 1. The first kappa shape index (κ1) is 23.3. The van der Waals surface area contributed by atoms with Crippen LogP contribution < -0.4 is 0 Å². The van der Waals surface area contributed by atoms with Crippen molar-refractivity contribution < 1.29 is 19.1 Å². The molecule has 1 aromatic rings. The number of aryl methyl sites for hydroxylation is 1. The van der Waals surface area contributed by atoms with Crippen molar-refractivity contribution in [2.24, 2.45) is 0 Å². The maximum absolute atomic E-state index is 13.2. The van der Waals surface area contributed by atoms with Gasteiger partial charge in [0.15, 0.2) is 0 Å². The Hall–Kier alpha value is -2.35. The van der Waals surface area contributed by atoms with Gasteiger partial charge in [0, 0.05) is 45.0 Å². The summed E-state index contributed by atoms with van der Waals surface area (Å²) in [7, 11) is 1.36. The summed E-state index contributed by atoms with van der Waals surface area (Å²) in [5.74, 6) is -0.289. The zero-order valence-electron chi connectivity index (χ0n) is 19.2. The average molecular weight is 433 g/mol. The van der Waals surface area contributed by atoms with E-state index in [1.54, 1.807) is 6.92 Å². The van der Waals surface area contributed by atoms with Gasteiger partial charge < -0.3 is 19.5 Å². The molecule has 2 aliphatic heterocycles. The molecule has 2 saturated heterocycles. The van der Waals surface area contributed by atoms with Crippen LogP contribution in [0.2, 0.25) is 0 Å². The highest BCUT2D eigenvalue weighted by Crippen LogP contribution is 2.23. The summed E-state index contributed by atoms with van der Waals surface area (Å²) in [5.41, 5.74) is 2.39. The van der Waals surface area contributed by atoms with Crippen LogP contribution >= 0.6 is 0 Å². The number of carbonyl (C=O) groups is 3. The number of rotatable bonds is 6. The van der Waals surface area contributed by atoms with Gasteiger partial charge >= 0.3 is 5.97 Å². The Morgan fingerprint density at radius 2 is 1.58 bits per heavy atom. The minimum atomic E-state index is -0.409. The number of nitrogens with zero attached hydrogens (tertiary/aromatic N) is 3. The van der Waals surface area contributed by atoms with Crippen molar-refractivity contribution in [1.82, 2.24) is 19.7 Å². The zero-order valence-corrected chi connectivity index (χ0v) is 19.2. The van der Waals surface area contributed by atoms with E-state index < -0.39 is 5.97 Å². The number of aromatic nitrogens is 1. The molecule has 3 heterocycles. The van der Waals surface area contributed by atoms with E-state index in [0.29, 0.717) is 56.1 Å². The molecular formula is C23H36N4O4. The van der Waals surface area contributed by atoms with Crippen molar-refractivity contribution in [3.05, 3.63) is 22.5 Å². The van der Waals surface area contributed by atoms with Crippen LogP contribution in [0.5, 0.6) is 0 Å². The Kier molecular flexibility index (Phi) is 8.12. The SMILES string of the molecule is CCCc1c(C(=O)N2CCN(CC(=O)N3CCCCCC3)CC2)[nH]c(C)c1C(=O)OC. The van der Waals surface area contributed by atoms with Gasteiger partial charge in [0.1, 0.15) is 5.69 Å². The maximum atomic E-state index is 13.2. The molecule has 0 radical (unpaired) electrons. The quantitative estimate of drug-likeness (QED) is 0.697. The van der Waals surface area contributed by atoms with Crippen LogP contribution in [0.4, 0.5) is 0 Å². The lowest BCUT2D eigenvalue weighted by Crippen LogP contribution is -2.51. The van der Waals surface area contributed by atoms with E-state index in [4.69, 9.17) is 4.74 Å². The molecule has 31 heavy (non-hydrogen) atoms. The van der Waals surface area contributed by atoms with Crippen LogP contribution in [0.3, 0.4) is 0 Å². The van der Waals surface area contributed by atoms with Crippen LogP contribution in [-0.4, -0.2) is 90.4 Å². The van der Waals surface area contributed by atoms with Gasteiger partial charge in [0.25, 0.3) is 5.91 Å². The molecule has 2 fully saturated rings. The van der Waals surface area contributed by atoms with Crippen LogP contribution in [-0.2, 0) is 16.0 Å². The van der Waals surface area contributed by atoms with Gasteiger partial charge in [-0.25, -0.2) is 4.79 Å². The normalized spacial score (nSPS) is 18.0. The summed E-state index contributed by atoms with van der Waals surface area (Å²) in [6.45, 7) is 8.49. The number of piperazine rings is 1. The summed E-state index contributed by atoms with van der Waals surface area (Å²) < 4.78 is 4.93. The molecule has 1 N–H and O–H groups in total. The first-order valence-electron chi connectivity index (χ1n) is 11.5. The van der Waals surface area contributed by atoms with Crippen molar-refractivity contribution >= 4 is 17.8 Å². The number of esters is 1. The van der Waals surface area contributed by atoms with Crippen molar-refractivity contribution in [2.75, 3.05) is 52.9 Å². The van der Waals surface area contributed by atoms with E-state index in [9.17, 15) is 14.4 Å². The van der Waals surface area contributed by atoms with Crippen LogP contribution in [0, 0.1) is 6.92 Å². The Balaban J connectivity index is 1.61. The first-order valence-corrected chi connectivity index (χ1v) is 11.5. The van der Waals surface area contributed by atoms with E-state index in [1.807, 2.05) is 16.7 Å². The molecule has 0 aromatic carbocycles. The third kappa shape index (κ3) is 5.47. The van der Waals surface area contributed by atoms with E-state index in [0.717, 1.165) is 37.9 Å². The fraction of sp³-hybridized carbons (Fsp3) is 0.696. The molecule has 2 amide bonds. The van der Waals surface area contributed by atoms with Gasteiger partial charge in [-0.2, -0.15) is 0 Å². The molecule has 1 aromatic heterocycles. The highest BCUT2D eigenvalue weighted by molar-refractivity contribution is 6.00. The van der Waals surface area contributed by atoms with E-state index in [2.05, 4.69) is 9.88 Å². The number of ether oxygens (including phenoxy) is 1. The van der Waals surface area contributed by atoms with Crippen molar-refractivity contribution in [1.29, 1.82) is 0 Å². The molecule has 8 heteroatoms. The van der Waals surface area contributed by atoms with Gasteiger partial charge in [-0.05, 0) is 31.7 Å². The third-order valence-electron chi connectivity index (χ3n) is 6.37. The molecule has 172 valence electrons. The molecule has 0 unspecified atom stereocenters. The number of hydrogen-bond donors (Lipinski definition) is 1. The van der Waals surface area contributed by atoms with E-state index in [1.165, 1.54) is 20.0 Å². The molecule has 8 nitrogen and oxygen atoms in total. The molecule has 0 aliphatic carbocycles. The Bertz CT molecular complexity index is 788. The minimum absolute atomic E-state index is 0.0832. The van der Waals surface area contributed by atoms with Gasteiger partial charge in [-0.15, -0.1) is 0 Å². The van der Waals surface area contributed by atoms with Crippen LogP contribution in [0.25, 0.3) is 0 Å². The summed E-state index contributed by atoms with van der Waals surface area (Å²) in [6, 6.07) is 0. The second kappa shape index (κ2) is 10.8. The lowest BCUT2D eigenvalue weighted by molar-refractivity contribution is -0.132. The van der Waals surface area contributed by atoms with Gasteiger partial charge in [-0.3, -0.25) is 14.5 Å². The summed E-state index contributed by atoms with van der Waals surface area (Å²) >= 11 is 0. The largest absolute Gasteiger partial charge is 0.465 e. The zero-order chi connectivity index (χ0) is 22.4. The second-order valence-electron chi connectivity index (χ2n) is 8.58. The third-order valence-corrected chi connectivity index (χ3v) is 6.37. The molecule has 0 spiro atoms. The standard InChI is InChI=1S/C23H36N4O4/c1-4-9-18-20(23(30)31-3)17(2)24-21(18)22(29)27-14-12-25(13-15-27)16-19(28)26-10-7-5-6-8-11-26/h24H,4-16H2,1-3H3. The summed E-state index contributed by atoms with van der Waals surface area (Å²) in [5, 5.41) is 0. The number of carbonyl (C=O) groups excluding carboxylic acids is 3. The predicted octanol–water partition coefficient (Wildman–Crippen LogP) is 2.22. The number of amides is 2. The highest BCUT2D eigenvalue weighted by atomic mass is 16.5. The van der Waals surface area contributed by atoms with E-state index in [-0.39, 0.29) is 11.8 Å². The Labute approximate surface area is 184 Å². The van der Waals surface area contributed by atoms with Crippen LogP contribution in [0.1, 0.15) is 71.1 Å². The fourth-order valence-electron chi connectivity index (χ4n) is 4.62. The Morgan fingerprint density at radius 3 is 2.16 bits per heavy atom. The van der Waals surface area contributed by atoms with Crippen molar-refractivity contribution in [3.63, 3.8) is 0 Å². The number of aromatic amines is 1. The number of methoxy groups -OCH3 is 1. The van der Waals surface area contributed by atoms with Crippen molar-refractivity contribution in [2.45, 2.75) is 52.4 Å². The molecular weight excluding hydrogens is 396 g/mol. The smallest absolute Gasteiger partial charge is 0.339 e. The predicted molar refractivity (Wildman–Crippen MR) is 118 cm³/mol. The molecule has 2 aliphatic rings. The van der Waals surface area contributed by atoms with Gasteiger partial charge in [-0.1, -0.05) is 26.2 Å². The average Bonchev–Trinajstić information content (AvgIpc) is 2.94. The number of H-pyrrole nitrogens is 1. The lowest BCUT2D eigenvalue weighted by atomic mass is 10.0. The summed E-state index contributed by atoms with van der Waals surface area (Å²) in [6.07, 6.45) is 6.07. The maximum Gasteiger partial charge on any atom is 0.339 e. The van der Waals surface area contributed by atoms with Gasteiger partial charge in [0.05, 0.1) is 19.2 Å². The van der Waals surface area contributed by atoms with Crippen LogP contribution in [0.15, 0.2) is 0 Å². The second-order valence-corrected chi connectivity index (χ2v) is 8.58. The van der Waals surface area contributed by atoms with E-state index >= 15 is 0 Å². The monoisotopic (exact) mass is 432 g/mol. The first-order chi connectivity index (χ1) is 15.0. The molecule has 3 rings (SSSR count). The molecule has 0 atom stereocenters. The molecule has 0 bridgehead atoms. The topological polar surface area (TPSA) is 86.0 Å². The van der Waals surface area contributed by atoms with Gasteiger partial charge in [0.2, 0.25) is 5.91 Å². The molecule has 0 saturated carbocycles. The number of hydrogen-bond acceptors (Lipinski definition) is 5. The fourth-order valence-corrected chi connectivity index (χ4v) is 4.62. The number of likely N-dealkylation sites (tertiary alicyclic amines) is 1. The summed E-state index contributed by atoms with van der Waals surface area (Å²) in [4.78, 5) is 47.2.